The number of rotatable bonds is 0. The maximum Gasteiger partial charge on any atom is 0.223 e. The molecule has 0 aliphatic carbocycles. The van der Waals surface area contributed by atoms with Crippen LogP contribution in [0.2, 0.25) is 0 Å². The Hall–Kier alpha value is -2.30. The molecule has 86 valence electrons. The minimum atomic E-state index is -0.453. The molecule has 0 atom stereocenters. The molecular formula is C12H8FNO3. The zero-order valence-corrected chi connectivity index (χ0v) is 8.68. The van der Waals surface area contributed by atoms with Crippen molar-refractivity contribution >= 4 is 0 Å². The number of pyridine rings is 1. The maximum absolute atomic E-state index is 13.0. The molecule has 0 spiro atoms. The van der Waals surface area contributed by atoms with E-state index < -0.39 is 11.2 Å². The van der Waals surface area contributed by atoms with Crippen molar-refractivity contribution in [2.75, 3.05) is 0 Å². The van der Waals surface area contributed by atoms with Crippen LogP contribution in [0, 0.1) is 5.82 Å². The van der Waals surface area contributed by atoms with E-state index in [4.69, 9.17) is 4.74 Å². The van der Waals surface area contributed by atoms with Crippen LogP contribution in [-0.2, 0) is 6.61 Å². The summed E-state index contributed by atoms with van der Waals surface area (Å²) in [5, 5.41) is 9.41. The highest BCUT2D eigenvalue weighted by Crippen LogP contribution is 2.30. The molecule has 5 heteroatoms. The Labute approximate surface area is 95.5 Å². The van der Waals surface area contributed by atoms with Gasteiger partial charge in [-0.05, 0) is 12.1 Å². The summed E-state index contributed by atoms with van der Waals surface area (Å²) in [6.45, 7) is 0.173. The van der Waals surface area contributed by atoms with E-state index in [1.807, 2.05) is 0 Å². The van der Waals surface area contributed by atoms with Crippen LogP contribution >= 0.6 is 0 Å². The highest BCUT2D eigenvalue weighted by Gasteiger charge is 2.17. The summed E-state index contributed by atoms with van der Waals surface area (Å²) < 4.78 is 20.0. The van der Waals surface area contributed by atoms with Gasteiger partial charge < -0.3 is 14.4 Å². The van der Waals surface area contributed by atoms with E-state index in [2.05, 4.69) is 0 Å². The highest BCUT2D eigenvalue weighted by atomic mass is 19.1. The molecule has 1 aliphatic rings. The van der Waals surface area contributed by atoms with Gasteiger partial charge in [-0.2, -0.15) is 0 Å². The van der Waals surface area contributed by atoms with Gasteiger partial charge in [-0.25, -0.2) is 4.39 Å². The van der Waals surface area contributed by atoms with Gasteiger partial charge in [0, 0.05) is 12.1 Å². The molecule has 0 amide bonds. The first-order valence-electron chi connectivity index (χ1n) is 5.02. The van der Waals surface area contributed by atoms with Crippen LogP contribution in [0.3, 0.4) is 0 Å². The summed E-state index contributed by atoms with van der Waals surface area (Å²) in [6.07, 6.45) is 1.32. The van der Waals surface area contributed by atoms with Crippen LogP contribution in [0.25, 0.3) is 5.69 Å². The van der Waals surface area contributed by atoms with Crippen LogP contribution in [0.15, 0.2) is 35.3 Å². The van der Waals surface area contributed by atoms with Gasteiger partial charge in [0.1, 0.15) is 18.2 Å². The maximum atomic E-state index is 13.0. The first-order chi connectivity index (χ1) is 8.15. The molecule has 3 rings (SSSR count). The third-order valence-electron chi connectivity index (χ3n) is 2.67. The summed E-state index contributed by atoms with van der Waals surface area (Å²) in [7, 11) is 0. The standard InChI is InChI=1S/C12H8FNO3/c13-7-1-2-9-12(3-7)17-6-8-4-10(15)11(16)5-14(8)9/h1-5,16H,6H2. The quantitative estimate of drug-likeness (QED) is 0.751. The van der Waals surface area contributed by atoms with Gasteiger partial charge in [0.15, 0.2) is 5.75 Å². The molecular weight excluding hydrogens is 225 g/mol. The van der Waals surface area contributed by atoms with Gasteiger partial charge in [-0.15, -0.1) is 0 Å². The van der Waals surface area contributed by atoms with E-state index >= 15 is 0 Å². The molecule has 0 radical (unpaired) electrons. The van der Waals surface area contributed by atoms with Crippen LogP contribution in [0.5, 0.6) is 11.5 Å². The second-order valence-electron chi connectivity index (χ2n) is 3.78. The number of halogens is 1. The third kappa shape index (κ3) is 1.47. The molecule has 2 heterocycles. The fourth-order valence-corrected chi connectivity index (χ4v) is 1.85. The lowest BCUT2D eigenvalue weighted by Gasteiger charge is -2.22. The van der Waals surface area contributed by atoms with E-state index in [1.165, 1.54) is 30.5 Å². The predicted octanol–water partition coefficient (Wildman–Crippen LogP) is 1.57. The van der Waals surface area contributed by atoms with Crippen LogP contribution < -0.4 is 10.2 Å². The van der Waals surface area contributed by atoms with Crippen molar-refractivity contribution in [1.29, 1.82) is 0 Å². The van der Waals surface area contributed by atoms with Gasteiger partial charge in [-0.3, -0.25) is 4.79 Å². The molecule has 1 aromatic heterocycles. The van der Waals surface area contributed by atoms with E-state index in [-0.39, 0.29) is 12.4 Å². The number of nitrogens with zero attached hydrogens (tertiary/aromatic N) is 1. The molecule has 17 heavy (non-hydrogen) atoms. The second kappa shape index (κ2) is 3.35. The largest absolute Gasteiger partial charge is 0.503 e. The van der Waals surface area contributed by atoms with E-state index in [0.717, 1.165) is 0 Å². The van der Waals surface area contributed by atoms with Crippen molar-refractivity contribution in [2.45, 2.75) is 6.61 Å². The summed E-state index contributed by atoms with van der Waals surface area (Å²) >= 11 is 0. The van der Waals surface area contributed by atoms with E-state index in [1.54, 1.807) is 4.57 Å². The number of aromatic nitrogens is 1. The van der Waals surface area contributed by atoms with Gasteiger partial charge in [0.25, 0.3) is 0 Å². The topological polar surface area (TPSA) is 51.5 Å². The minimum absolute atomic E-state index is 0.173. The number of benzene rings is 1. The number of aromatic hydroxyl groups is 1. The Morgan fingerprint density at radius 2 is 2.18 bits per heavy atom. The Bertz CT molecular complexity index is 663. The highest BCUT2D eigenvalue weighted by molar-refractivity contribution is 5.50. The lowest BCUT2D eigenvalue weighted by molar-refractivity contribution is 0.281. The van der Waals surface area contributed by atoms with Crippen LogP contribution in [-0.4, -0.2) is 9.67 Å². The number of ether oxygens (including phenoxy) is 1. The van der Waals surface area contributed by atoms with Crippen molar-refractivity contribution < 1.29 is 14.2 Å². The molecule has 0 bridgehead atoms. The van der Waals surface area contributed by atoms with E-state index in [9.17, 15) is 14.3 Å². The molecule has 1 N–H and O–H groups in total. The average Bonchev–Trinajstić information content (AvgIpc) is 2.30. The van der Waals surface area contributed by atoms with Crippen molar-refractivity contribution in [3.8, 4) is 17.2 Å². The SMILES string of the molecule is O=c1cc2n(cc1O)-c1ccc(F)cc1OC2. The smallest absolute Gasteiger partial charge is 0.223 e. The predicted molar refractivity (Wildman–Crippen MR) is 58.0 cm³/mol. The molecule has 1 aliphatic heterocycles. The molecule has 4 nitrogen and oxygen atoms in total. The van der Waals surface area contributed by atoms with Crippen molar-refractivity contribution in [3.63, 3.8) is 0 Å². The van der Waals surface area contributed by atoms with Crippen LogP contribution in [0.4, 0.5) is 4.39 Å². The van der Waals surface area contributed by atoms with Gasteiger partial charge in [-0.1, -0.05) is 0 Å². The molecule has 1 aromatic carbocycles. The summed E-state index contributed by atoms with van der Waals surface area (Å²) in [6, 6.07) is 5.42. The van der Waals surface area contributed by atoms with Gasteiger partial charge in [0.2, 0.25) is 5.43 Å². The number of hydrogen-bond acceptors (Lipinski definition) is 3. The van der Waals surface area contributed by atoms with Crippen molar-refractivity contribution in [1.82, 2.24) is 4.57 Å². The fraction of sp³-hybridized carbons (Fsp3) is 0.0833. The van der Waals surface area contributed by atoms with E-state index in [0.29, 0.717) is 17.1 Å². The van der Waals surface area contributed by atoms with Crippen LogP contribution in [0.1, 0.15) is 5.69 Å². The summed E-state index contributed by atoms with van der Waals surface area (Å²) in [5.41, 5.74) is 0.764. The average molecular weight is 233 g/mol. The summed E-state index contributed by atoms with van der Waals surface area (Å²) in [4.78, 5) is 11.3. The second-order valence-corrected chi connectivity index (χ2v) is 3.78. The monoisotopic (exact) mass is 233 g/mol. The van der Waals surface area contributed by atoms with Gasteiger partial charge >= 0.3 is 0 Å². The zero-order chi connectivity index (χ0) is 12.0. The lowest BCUT2D eigenvalue weighted by Crippen LogP contribution is -2.18. The summed E-state index contributed by atoms with van der Waals surface area (Å²) in [5.74, 6) is -0.344. The molecule has 0 saturated carbocycles. The number of hydrogen-bond donors (Lipinski definition) is 1. The molecule has 0 saturated heterocycles. The molecule has 0 unspecified atom stereocenters. The Morgan fingerprint density at radius 1 is 1.35 bits per heavy atom. The Balaban J connectivity index is 2.29. The third-order valence-corrected chi connectivity index (χ3v) is 2.67. The lowest BCUT2D eigenvalue weighted by atomic mass is 10.2. The van der Waals surface area contributed by atoms with Gasteiger partial charge in [0.05, 0.1) is 17.6 Å². The fourth-order valence-electron chi connectivity index (χ4n) is 1.85. The van der Waals surface area contributed by atoms with Crippen molar-refractivity contribution in [2.24, 2.45) is 0 Å². The first-order valence-corrected chi connectivity index (χ1v) is 5.02. The Kier molecular flexibility index (Phi) is 1.95. The first kappa shape index (κ1) is 9.89. The molecule has 2 aromatic rings. The zero-order valence-electron chi connectivity index (χ0n) is 8.68. The normalized spacial score (nSPS) is 12.5. The minimum Gasteiger partial charge on any atom is -0.503 e. The Morgan fingerprint density at radius 3 is 3.00 bits per heavy atom. The number of fused-ring (bicyclic) bond motifs is 3. The molecule has 0 fully saturated rings. The van der Waals surface area contributed by atoms with Crippen molar-refractivity contribution in [3.05, 3.63) is 52.2 Å².